The number of aromatic nitrogens is 1. The number of benzene rings is 2. The third-order valence-electron chi connectivity index (χ3n) is 3.49. The van der Waals surface area contributed by atoms with Crippen LogP contribution in [0.4, 0.5) is 5.69 Å². The van der Waals surface area contributed by atoms with Crippen molar-refractivity contribution in [2.75, 3.05) is 5.32 Å². The van der Waals surface area contributed by atoms with Gasteiger partial charge >= 0.3 is 0 Å². The van der Waals surface area contributed by atoms with Gasteiger partial charge in [0.05, 0.1) is 5.52 Å². The van der Waals surface area contributed by atoms with E-state index in [2.05, 4.69) is 17.2 Å². The Balaban J connectivity index is 1.82. The Labute approximate surface area is 123 Å². The summed E-state index contributed by atoms with van der Waals surface area (Å²) in [6.07, 6.45) is 2.74. The number of carbonyl (C=O) groups is 1. The molecule has 0 bridgehead atoms. The number of carbonyl (C=O) groups excluding carboxylic acids is 1. The zero-order chi connectivity index (χ0) is 14.7. The topological polar surface area (TPSA) is 42.0 Å². The summed E-state index contributed by atoms with van der Waals surface area (Å²) in [7, 11) is 0. The molecule has 0 unspecified atom stereocenters. The van der Waals surface area contributed by atoms with Crippen LogP contribution in [0.2, 0.25) is 0 Å². The molecule has 1 aromatic heterocycles. The summed E-state index contributed by atoms with van der Waals surface area (Å²) < 4.78 is 0. The molecule has 1 N–H and O–H groups in total. The quantitative estimate of drug-likeness (QED) is 0.784. The number of nitrogens with zero attached hydrogens (tertiary/aromatic N) is 1. The molecule has 3 heteroatoms. The molecule has 0 atom stereocenters. The second-order valence-corrected chi connectivity index (χ2v) is 4.92. The van der Waals surface area contributed by atoms with Crippen LogP contribution in [0.25, 0.3) is 10.9 Å². The summed E-state index contributed by atoms with van der Waals surface area (Å²) in [5, 5.41) is 3.88. The van der Waals surface area contributed by atoms with Crippen molar-refractivity contribution in [2.24, 2.45) is 0 Å². The standard InChI is InChI=1S/C18H16N2O/c1-2-13-5-8-16(9-6-13)20-18(21)15-7-10-17-14(12-15)4-3-11-19-17/h3-12H,2H2,1H3,(H,20,21). The van der Waals surface area contributed by atoms with Gasteiger partial charge in [0.2, 0.25) is 0 Å². The first kappa shape index (κ1) is 13.3. The van der Waals surface area contributed by atoms with Gasteiger partial charge < -0.3 is 5.32 Å². The van der Waals surface area contributed by atoms with E-state index in [1.807, 2.05) is 48.5 Å². The molecule has 0 spiro atoms. The Hall–Kier alpha value is -2.68. The number of aryl methyl sites for hydroxylation is 1. The van der Waals surface area contributed by atoms with Gasteiger partial charge in [0, 0.05) is 22.8 Å². The van der Waals surface area contributed by atoms with E-state index in [4.69, 9.17) is 0 Å². The highest BCUT2D eigenvalue weighted by Gasteiger charge is 2.07. The third kappa shape index (κ3) is 2.92. The fourth-order valence-electron chi connectivity index (χ4n) is 2.24. The maximum Gasteiger partial charge on any atom is 0.255 e. The SMILES string of the molecule is CCc1ccc(NC(=O)c2ccc3ncccc3c2)cc1. The van der Waals surface area contributed by atoms with Gasteiger partial charge in [-0.1, -0.05) is 25.1 Å². The summed E-state index contributed by atoms with van der Waals surface area (Å²) in [5.41, 5.74) is 3.59. The van der Waals surface area contributed by atoms with Crippen molar-refractivity contribution in [3.05, 3.63) is 71.9 Å². The monoisotopic (exact) mass is 276 g/mol. The van der Waals surface area contributed by atoms with E-state index in [9.17, 15) is 4.79 Å². The number of hydrogen-bond acceptors (Lipinski definition) is 2. The lowest BCUT2D eigenvalue weighted by Gasteiger charge is -2.07. The average molecular weight is 276 g/mol. The summed E-state index contributed by atoms with van der Waals surface area (Å²) in [6, 6.07) is 17.3. The smallest absolute Gasteiger partial charge is 0.255 e. The van der Waals surface area contributed by atoms with E-state index in [1.54, 1.807) is 12.3 Å². The van der Waals surface area contributed by atoms with Gasteiger partial charge in [0.15, 0.2) is 0 Å². The van der Waals surface area contributed by atoms with Crippen LogP contribution in [0.5, 0.6) is 0 Å². The molecule has 21 heavy (non-hydrogen) atoms. The number of anilines is 1. The van der Waals surface area contributed by atoms with Gasteiger partial charge in [0.1, 0.15) is 0 Å². The van der Waals surface area contributed by atoms with Crippen LogP contribution in [0.3, 0.4) is 0 Å². The van der Waals surface area contributed by atoms with E-state index in [1.165, 1.54) is 5.56 Å². The lowest BCUT2D eigenvalue weighted by molar-refractivity contribution is 0.102. The van der Waals surface area contributed by atoms with Gasteiger partial charge in [-0.15, -0.1) is 0 Å². The minimum atomic E-state index is -0.106. The van der Waals surface area contributed by atoms with E-state index in [0.717, 1.165) is 23.0 Å². The second kappa shape index (κ2) is 5.75. The minimum absolute atomic E-state index is 0.106. The highest BCUT2D eigenvalue weighted by atomic mass is 16.1. The largest absolute Gasteiger partial charge is 0.322 e. The fourth-order valence-corrected chi connectivity index (χ4v) is 2.24. The fraction of sp³-hybridized carbons (Fsp3) is 0.111. The third-order valence-corrected chi connectivity index (χ3v) is 3.49. The first-order valence-corrected chi connectivity index (χ1v) is 7.01. The van der Waals surface area contributed by atoms with E-state index < -0.39 is 0 Å². The Kier molecular flexibility index (Phi) is 3.65. The van der Waals surface area contributed by atoms with Crippen molar-refractivity contribution in [2.45, 2.75) is 13.3 Å². The molecular formula is C18H16N2O. The molecule has 0 aliphatic carbocycles. The Morgan fingerprint density at radius 3 is 2.67 bits per heavy atom. The van der Waals surface area contributed by atoms with E-state index in [0.29, 0.717) is 5.56 Å². The zero-order valence-corrected chi connectivity index (χ0v) is 11.8. The van der Waals surface area contributed by atoms with Crippen molar-refractivity contribution in [3.8, 4) is 0 Å². The van der Waals surface area contributed by atoms with Crippen LogP contribution < -0.4 is 5.32 Å². The molecule has 1 amide bonds. The van der Waals surface area contributed by atoms with Gasteiger partial charge in [-0.25, -0.2) is 0 Å². The average Bonchev–Trinajstić information content (AvgIpc) is 2.55. The van der Waals surface area contributed by atoms with Crippen molar-refractivity contribution in [3.63, 3.8) is 0 Å². The molecule has 0 aliphatic rings. The zero-order valence-electron chi connectivity index (χ0n) is 11.8. The van der Waals surface area contributed by atoms with Gasteiger partial charge in [-0.05, 0) is 48.4 Å². The van der Waals surface area contributed by atoms with Crippen LogP contribution in [0.15, 0.2) is 60.8 Å². The maximum absolute atomic E-state index is 12.3. The number of amides is 1. The molecule has 3 rings (SSSR count). The molecule has 2 aromatic carbocycles. The van der Waals surface area contributed by atoms with Crippen LogP contribution in [0, 0.1) is 0 Å². The molecule has 0 fully saturated rings. The summed E-state index contributed by atoms with van der Waals surface area (Å²) in [5.74, 6) is -0.106. The van der Waals surface area contributed by atoms with Crippen molar-refractivity contribution in [1.29, 1.82) is 0 Å². The highest BCUT2D eigenvalue weighted by Crippen LogP contribution is 2.16. The van der Waals surface area contributed by atoms with Gasteiger partial charge in [0.25, 0.3) is 5.91 Å². The number of rotatable bonds is 3. The lowest BCUT2D eigenvalue weighted by Crippen LogP contribution is -2.11. The van der Waals surface area contributed by atoms with Gasteiger partial charge in [-0.3, -0.25) is 9.78 Å². The highest BCUT2D eigenvalue weighted by molar-refractivity contribution is 6.06. The first-order valence-electron chi connectivity index (χ1n) is 7.01. The molecule has 3 nitrogen and oxygen atoms in total. The summed E-state index contributed by atoms with van der Waals surface area (Å²) in [6.45, 7) is 2.11. The van der Waals surface area contributed by atoms with Gasteiger partial charge in [-0.2, -0.15) is 0 Å². The Bertz CT molecular complexity index is 779. The van der Waals surface area contributed by atoms with Crippen LogP contribution in [-0.4, -0.2) is 10.9 Å². The number of fused-ring (bicyclic) bond motifs is 1. The molecular weight excluding hydrogens is 260 g/mol. The molecule has 0 radical (unpaired) electrons. The van der Waals surface area contributed by atoms with Crippen LogP contribution >= 0.6 is 0 Å². The van der Waals surface area contributed by atoms with Crippen LogP contribution in [-0.2, 0) is 6.42 Å². The lowest BCUT2D eigenvalue weighted by atomic mass is 10.1. The predicted molar refractivity (Wildman–Crippen MR) is 85.5 cm³/mol. The summed E-state index contributed by atoms with van der Waals surface area (Å²) >= 11 is 0. The molecule has 0 saturated heterocycles. The molecule has 1 heterocycles. The van der Waals surface area contributed by atoms with E-state index in [-0.39, 0.29) is 5.91 Å². The van der Waals surface area contributed by atoms with E-state index >= 15 is 0 Å². The normalized spacial score (nSPS) is 10.5. The van der Waals surface area contributed by atoms with Crippen molar-refractivity contribution < 1.29 is 4.79 Å². The first-order chi connectivity index (χ1) is 10.3. The molecule has 104 valence electrons. The molecule has 3 aromatic rings. The maximum atomic E-state index is 12.3. The Morgan fingerprint density at radius 1 is 1.10 bits per heavy atom. The second-order valence-electron chi connectivity index (χ2n) is 4.92. The molecule has 0 aliphatic heterocycles. The van der Waals surface area contributed by atoms with Crippen molar-refractivity contribution in [1.82, 2.24) is 4.98 Å². The molecule has 0 saturated carbocycles. The summed E-state index contributed by atoms with van der Waals surface area (Å²) in [4.78, 5) is 16.5. The number of nitrogens with one attached hydrogen (secondary N) is 1. The predicted octanol–water partition coefficient (Wildman–Crippen LogP) is 4.05. The number of hydrogen-bond donors (Lipinski definition) is 1. The van der Waals surface area contributed by atoms with Crippen LogP contribution in [0.1, 0.15) is 22.8 Å². The number of pyridine rings is 1. The van der Waals surface area contributed by atoms with Crippen molar-refractivity contribution >= 4 is 22.5 Å². The Morgan fingerprint density at radius 2 is 1.90 bits per heavy atom. The minimum Gasteiger partial charge on any atom is -0.322 e.